The Labute approximate surface area is 161 Å². The Morgan fingerprint density at radius 1 is 1.11 bits per heavy atom. The number of methoxy groups -OCH3 is 1. The second kappa shape index (κ2) is 7.69. The van der Waals surface area contributed by atoms with Crippen molar-refractivity contribution in [3.8, 4) is 11.3 Å². The van der Waals surface area contributed by atoms with E-state index in [1.807, 2.05) is 7.05 Å². The second-order valence-electron chi connectivity index (χ2n) is 7.58. The van der Waals surface area contributed by atoms with Crippen LogP contribution in [0.25, 0.3) is 22.3 Å². The van der Waals surface area contributed by atoms with Gasteiger partial charge in [0.05, 0.1) is 29.4 Å². The van der Waals surface area contributed by atoms with Crippen molar-refractivity contribution in [1.29, 1.82) is 0 Å². The summed E-state index contributed by atoms with van der Waals surface area (Å²) < 4.78 is 7.60. The van der Waals surface area contributed by atoms with Gasteiger partial charge in [0.2, 0.25) is 0 Å². The Morgan fingerprint density at radius 3 is 2.48 bits per heavy atom. The lowest BCUT2D eigenvalue weighted by Gasteiger charge is -2.16. The molecular weight excluding hydrogens is 336 g/mol. The molecule has 3 aromatic heterocycles. The number of nitrogens with one attached hydrogen (secondary N) is 1. The highest BCUT2D eigenvalue weighted by atomic mass is 16.5. The van der Waals surface area contributed by atoms with Crippen LogP contribution in [0.4, 0.5) is 5.82 Å². The molecule has 0 saturated heterocycles. The number of nitrogens with zero attached hydrogens (tertiary/aromatic N) is 3. The minimum atomic E-state index is 0.262. The quantitative estimate of drug-likeness (QED) is 0.660. The van der Waals surface area contributed by atoms with Crippen molar-refractivity contribution < 1.29 is 4.74 Å². The van der Waals surface area contributed by atoms with Crippen molar-refractivity contribution in [2.45, 2.75) is 46.6 Å². The van der Waals surface area contributed by atoms with Gasteiger partial charge in [0.15, 0.2) is 0 Å². The van der Waals surface area contributed by atoms with Gasteiger partial charge in [-0.3, -0.25) is 0 Å². The minimum Gasteiger partial charge on any atom is -0.383 e. The number of ether oxygens (including phenoxy) is 1. The minimum absolute atomic E-state index is 0.262. The van der Waals surface area contributed by atoms with Crippen LogP contribution in [0, 0.1) is 13.8 Å². The van der Waals surface area contributed by atoms with Gasteiger partial charge in [-0.05, 0) is 56.0 Å². The van der Waals surface area contributed by atoms with E-state index in [0.717, 1.165) is 39.4 Å². The topological polar surface area (TPSA) is 52.0 Å². The van der Waals surface area contributed by atoms with Crippen molar-refractivity contribution in [3.05, 3.63) is 41.2 Å². The molecule has 0 unspecified atom stereocenters. The van der Waals surface area contributed by atoms with Crippen LogP contribution in [0.15, 0.2) is 24.4 Å². The molecule has 0 aliphatic carbocycles. The molecule has 27 heavy (non-hydrogen) atoms. The number of pyridine rings is 2. The maximum Gasteiger partial charge on any atom is 0.135 e. The molecule has 0 bridgehead atoms. The third-order valence-corrected chi connectivity index (χ3v) is 5.06. The zero-order valence-electron chi connectivity index (χ0n) is 17.4. The lowest BCUT2D eigenvalue weighted by molar-refractivity contribution is 0.164. The van der Waals surface area contributed by atoms with E-state index in [1.165, 1.54) is 5.56 Å². The molecule has 5 heteroatoms. The number of aryl methyl sites for hydroxylation is 2. The summed E-state index contributed by atoms with van der Waals surface area (Å²) in [5, 5.41) is 3.25. The van der Waals surface area contributed by atoms with Gasteiger partial charge in [0, 0.05) is 31.6 Å². The third kappa shape index (κ3) is 3.56. The van der Waals surface area contributed by atoms with Crippen molar-refractivity contribution >= 4 is 16.9 Å². The van der Waals surface area contributed by atoms with Crippen molar-refractivity contribution in [2.24, 2.45) is 0 Å². The highest BCUT2D eigenvalue weighted by molar-refractivity contribution is 5.86. The van der Waals surface area contributed by atoms with Crippen LogP contribution in [0.3, 0.4) is 0 Å². The second-order valence-corrected chi connectivity index (χ2v) is 7.58. The predicted octanol–water partition coefficient (Wildman–Crippen LogP) is 5.09. The van der Waals surface area contributed by atoms with E-state index in [0.29, 0.717) is 12.5 Å². The average molecular weight is 367 g/mol. The Bertz CT molecular complexity index is 959. The zero-order valence-corrected chi connectivity index (χ0v) is 17.4. The summed E-state index contributed by atoms with van der Waals surface area (Å²) >= 11 is 0. The number of aromatic nitrogens is 3. The molecular formula is C22H30N4O. The molecule has 3 rings (SSSR count). The molecule has 0 spiro atoms. The lowest BCUT2D eigenvalue weighted by atomic mass is 10.0. The van der Waals surface area contributed by atoms with E-state index in [-0.39, 0.29) is 6.04 Å². The van der Waals surface area contributed by atoms with Crippen LogP contribution in [-0.4, -0.2) is 35.3 Å². The fourth-order valence-electron chi connectivity index (χ4n) is 3.56. The number of hydrogen-bond acceptors (Lipinski definition) is 4. The molecule has 3 heterocycles. The SMILES string of the molecule is CNc1nc(C(C)C)ccc1-c1nc2c(C)cn([C@H](C)COC)c2cc1C. The number of rotatable bonds is 6. The Kier molecular flexibility index (Phi) is 5.51. The van der Waals surface area contributed by atoms with Gasteiger partial charge in [-0.15, -0.1) is 0 Å². The molecule has 3 aromatic rings. The zero-order chi connectivity index (χ0) is 19.7. The molecule has 0 aromatic carbocycles. The maximum atomic E-state index is 5.34. The monoisotopic (exact) mass is 366 g/mol. The summed E-state index contributed by atoms with van der Waals surface area (Å²) in [7, 11) is 3.65. The highest BCUT2D eigenvalue weighted by Gasteiger charge is 2.17. The molecule has 1 atom stereocenters. The smallest absolute Gasteiger partial charge is 0.135 e. The van der Waals surface area contributed by atoms with E-state index in [1.54, 1.807) is 7.11 Å². The van der Waals surface area contributed by atoms with Crippen molar-refractivity contribution in [2.75, 3.05) is 26.1 Å². The molecule has 0 fully saturated rings. The standard InChI is InChI=1S/C22H30N4O/c1-13(2)18-9-8-17(22(23-6)24-18)20-14(3)10-19-21(25-20)15(4)11-26(19)16(5)12-27-7/h8-11,13,16H,12H2,1-7H3,(H,23,24)/t16-/m1/s1. The molecule has 1 N–H and O–H groups in total. The number of anilines is 1. The summed E-state index contributed by atoms with van der Waals surface area (Å²) in [6.45, 7) is 11.4. The van der Waals surface area contributed by atoms with Crippen LogP contribution in [0.1, 0.15) is 49.6 Å². The van der Waals surface area contributed by atoms with Gasteiger partial charge in [0.25, 0.3) is 0 Å². The largest absolute Gasteiger partial charge is 0.383 e. The van der Waals surface area contributed by atoms with E-state index < -0.39 is 0 Å². The van der Waals surface area contributed by atoms with Crippen molar-refractivity contribution in [3.63, 3.8) is 0 Å². The van der Waals surface area contributed by atoms with Gasteiger partial charge in [-0.25, -0.2) is 9.97 Å². The number of fused-ring (bicyclic) bond motifs is 1. The molecule has 0 aliphatic heterocycles. The number of hydrogen-bond donors (Lipinski definition) is 1. The summed E-state index contributed by atoms with van der Waals surface area (Å²) in [5.74, 6) is 1.27. The van der Waals surface area contributed by atoms with E-state index in [4.69, 9.17) is 14.7 Å². The average Bonchev–Trinajstić information content (AvgIpc) is 2.96. The predicted molar refractivity (Wildman–Crippen MR) is 113 cm³/mol. The van der Waals surface area contributed by atoms with Crippen LogP contribution in [-0.2, 0) is 4.74 Å². The van der Waals surface area contributed by atoms with Crippen LogP contribution < -0.4 is 5.32 Å². The Hall–Kier alpha value is -2.40. The van der Waals surface area contributed by atoms with E-state index in [9.17, 15) is 0 Å². The summed E-state index contributed by atoms with van der Waals surface area (Å²) in [5.41, 5.74) is 7.60. The first-order valence-corrected chi connectivity index (χ1v) is 9.54. The normalized spacial score (nSPS) is 12.7. The molecule has 0 saturated carbocycles. The summed E-state index contributed by atoms with van der Waals surface area (Å²) in [4.78, 5) is 9.84. The Balaban J connectivity index is 2.17. The first-order chi connectivity index (χ1) is 12.9. The van der Waals surface area contributed by atoms with Crippen molar-refractivity contribution in [1.82, 2.24) is 14.5 Å². The first-order valence-electron chi connectivity index (χ1n) is 9.54. The van der Waals surface area contributed by atoms with Gasteiger partial charge in [-0.1, -0.05) is 13.8 Å². The molecule has 5 nitrogen and oxygen atoms in total. The molecule has 0 radical (unpaired) electrons. The van der Waals surface area contributed by atoms with E-state index in [2.05, 4.69) is 68.9 Å². The van der Waals surface area contributed by atoms with Gasteiger partial charge in [-0.2, -0.15) is 0 Å². The van der Waals surface area contributed by atoms with E-state index >= 15 is 0 Å². The molecule has 0 aliphatic rings. The van der Waals surface area contributed by atoms with Gasteiger partial charge < -0.3 is 14.6 Å². The maximum absolute atomic E-state index is 5.34. The van der Waals surface area contributed by atoms with Gasteiger partial charge >= 0.3 is 0 Å². The third-order valence-electron chi connectivity index (χ3n) is 5.06. The molecule has 0 amide bonds. The summed E-state index contributed by atoms with van der Waals surface area (Å²) in [6, 6.07) is 6.73. The fraction of sp³-hybridized carbons (Fsp3) is 0.455. The van der Waals surface area contributed by atoms with Crippen LogP contribution in [0.2, 0.25) is 0 Å². The van der Waals surface area contributed by atoms with Crippen LogP contribution in [0.5, 0.6) is 0 Å². The lowest BCUT2D eigenvalue weighted by Crippen LogP contribution is -2.10. The summed E-state index contributed by atoms with van der Waals surface area (Å²) in [6.07, 6.45) is 2.17. The first kappa shape index (κ1) is 19.4. The highest BCUT2D eigenvalue weighted by Crippen LogP contribution is 2.33. The molecule has 144 valence electrons. The van der Waals surface area contributed by atoms with Crippen LogP contribution >= 0.6 is 0 Å². The Morgan fingerprint density at radius 2 is 1.85 bits per heavy atom. The van der Waals surface area contributed by atoms with Gasteiger partial charge in [0.1, 0.15) is 5.82 Å². The fourth-order valence-corrected chi connectivity index (χ4v) is 3.56.